The summed E-state index contributed by atoms with van der Waals surface area (Å²) in [5.74, 6) is 0.616. The first-order chi connectivity index (χ1) is 15.9. The standard InChI is InChI=1S/C24H27Cl2N3O4/c1-32-19-4-2-3-17(13-19)23(30)28-9-7-27(8-10-28)15-20-16-29(11-12-33-20)24(31)18-5-6-21(25)22(26)14-18/h2-6,13-14,20H,7-12,15-16H2,1H3. The molecule has 176 valence electrons. The molecule has 0 saturated carbocycles. The van der Waals surface area contributed by atoms with E-state index >= 15 is 0 Å². The Labute approximate surface area is 203 Å². The molecule has 0 radical (unpaired) electrons. The fourth-order valence-corrected chi connectivity index (χ4v) is 4.48. The van der Waals surface area contributed by atoms with Crippen LogP contribution in [-0.2, 0) is 4.74 Å². The zero-order valence-electron chi connectivity index (χ0n) is 18.5. The fraction of sp³-hybridized carbons (Fsp3) is 0.417. The van der Waals surface area contributed by atoms with Gasteiger partial charge < -0.3 is 19.3 Å². The number of piperazine rings is 1. The molecule has 0 aromatic heterocycles. The van der Waals surface area contributed by atoms with E-state index in [1.165, 1.54) is 0 Å². The molecule has 2 amide bonds. The molecule has 2 aliphatic rings. The second kappa shape index (κ2) is 10.7. The van der Waals surface area contributed by atoms with Crippen molar-refractivity contribution in [1.29, 1.82) is 0 Å². The van der Waals surface area contributed by atoms with E-state index in [-0.39, 0.29) is 17.9 Å². The number of morpholine rings is 1. The largest absolute Gasteiger partial charge is 0.497 e. The number of halogens is 2. The van der Waals surface area contributed by atoms with Crippen LogP contribution >= 0.6 is 23.2 Å². The highest BCUT2D eigenvalue weighted by Crippen LogP contribution is 2.24. The Balaban J connectivity index is 1.29. The van der Waals surface area contributed by atoms with Crippen LogP contribution in [0.25, 0.3) is 0 Å². The van der Waals surface area contributed by atoms with Gasteiger partial charge >= 0.3 is 0 Å². The molecule has 9 heteroatoms. The van der Waals surface area contributed by atoms with Crippen LogP contribution < -0.4 is 4.74 Å². The van der Waals surface area contributed by atoms with Crippen molar-refractivity contribution in [3.8, 4) is 5.75 Å². The van der Waals surface area contributed by atoms with Gasteiger partial charge in [-0.3, -0.25) is 14.5 Å². The van der Waals surface area contributed by atoms with Gasteiger partial charge in [0.15, 0.2) is 0 Å². The maximum atomic E-state index is 12.9. The van der Waals surface area contributed by atoms with E-state index in [1.54, 1.807) is 36.3 Å². The van der Waals surface area contributed by atoms with Crippen LogP contribution in [0.4, 0.5) is 0 Å². The van der Waals surface area contributed by atoms with Crippen molar-refractivity contribution in [1.82, 2.24) is 14.7 Å². The summed E-state index contributed by atoms with van der Waals surface area (Å²) in [6.07, 6.45) is -0.0777. The van der Waals surface area contributed by atoms with Gasteiger partial charge in [-0.1, -0.05) is 29.3 Å². The molecule has 1 unspecified atom stereocenters. The summed E-state index contributed by atoms with van der Waals surface area (Å²) < 4.78 is 11.2. The number of amides is 2. The predicted octanol–water partition coefficient (Wildman–Crippen LogP) is 3.30. The predicted molar refractivity (Wildman–Crippen MR) is 127 cm³/mol. The molecular weight excluding hydrogens is 465 g/mol. The van der Waals surface area contributed by atoms with Crippen molar-refractivity contribution in [3.63, 3.8) is 0 Å². The highest BCUT2D eigenvalue weighted by Gasteiger charge is 2.29. The molecule has 2 aromatic carbocycles. The van der Waals surface area contributed by atoms with Crippen LogP contribution in [0.5, 0.6) is 5.75 Å². The molecule has 2 aliphatic heterocycles. The van der Waals surface area contributed by atoms with Crippen molar-refractivity contribution < 1.29 is 19.1 Å². The Hall–Kier alpha value is -2.32. The third kappa shape index (κ3) is 5.79. The second-order valence-corrected chi connectivity index (χ2v) is 9.01. The summed E-state index contributed by atoms with van der Waals surface area (Å²) in [7, 11) is 1.59. The molecule has 2 saturated heterocycles. The maximum absolute atomic E-state index is 12.9. The lowest BCUT2D eigenvalue weighted by Crippen LogP contribution is -2.54. The summed E-state index contributed by atoms with van der Waals surface area (Å²) in [6.45, 7) is 5.08. The minimum absolute atomic E-state index is 0.0147. The average molecular weight is 492 g/mol. The van der Waals surface area contributed by atoms with Crippen molar-refractivity contribution >= 4 is 35.0 Å². The quantitative estimate of drug-likeness (QED) is 0.641. The molecule has 0 aliphatic carbocycles. The number of hydrogen-bond acceptors (Lipinski definition) is 5. The molecule has 0 N–H and O–H groups in total. The minimum atomic E-state index is -0.0777. The lowest BCUT2D eigenvalue weighted by molar-refractivity contribution is -0.0399. The van der Waals surface area contributed by atoms with Crippen molar-refractivity contribution in [2.75, 3.05) is 59.5 Å². The molecule has 4 rings (SSSR count). The molecule has 0 spiro atoms. The van der Waals surface area contributed by atoms with E-state index in [9.17, 15) is 9.59 Å². The van der Waals surface area contributed by atoms with E-state index in [4.69, 9.17) is 32.7 Å². The normalized spacial score (nSPS) is 19.4. The third-order valence-corrected chi connectivity index (χ3v) is 6.77. The van der Waals surface area contributed by atoms with Crippen molar-refractivity contribution in [3.05, 3.63) is 63.6 Å². The van der Waals surface area contributed by atoms with E-state index < -0.39 is 0 Å². The fourth-order valence-electron chi connectivity index (χ4n) is 4.19. The first-order valence-electron chi connectivity index (χ1n) is 11.0. The monoisotopic (exact) mass is 491 g/mol. The summed E-state index contributed by atoms with van der Waals surface area (Å²) >= 11 is 12.0. The zero-order chi connectivity index (χ0) is 23.4. The van der Waals surface area contributed by atoms with Crippen LogP contribution in [0, 0.1) is 0 Å². The van der Waals surface area contributed by atoms with Gasteiger partial charge in [0.05, 0.1) is 29.9 Å². The van der Waals surface area contributed by atoms with Gasteiger partial charge in [-0.25, -0.2) is 0 Å². The Kier molecular flexibility index (Phi) is 7.75. The molecular formula is C24H27Cl2N3O4. The Bertz CT molecular complexity index is 1010. The van der Waals surface area contributed by atoms with Gasteiger partial charge in [0, 0.05) is 56.9 Å². The molecule has 7 nitrogen and oxygen atoms in total. The first kappa shape index (κ1) is 23.8. The number of ether oxygens (including phenoxy) is 2. The smallest absolute Gasteiger partial charge is 0.254 e. The summed E-state index contributed by atoms with van der Waals surface area (Å²) in [5.41, 5.74) is 1.16. The summed E-state index contributed by atoms with van der Waals surface area (Å²) in [6, 6.07) is 12.2. The third-order valence-electron chi connectivity index (χ3n) is 6.03. The number of nitrogens with zero attached hydrogens (tertiary/aromatic N) is 3. The van der Waals surface area contributed by atoms with Gasteiger partial charge in [0.1, 0.15) is 5.75 Å². The van der Waals surface area contributed by atoms with Crippen LogP contribution in [0.3, 0.4) is 0 Å². The molecule has 2 aromatic rings. The van der Waals surface area contributed by atoms with E-state index in [0.717, 1.165) is 13.1 Å². The number of rotatable bonds is 5. The zero-order valence-corrected chi connectivity index (χ0v) is 20.0. The van der Waals surface area contributed by atoms with Crippen LogP contribution in [-0.4, -0.2) is 92.1 Å². The summed E-state index contributed by atoms with van der Waals surface area (Å²) in [4.78, 5) is 31.7. The lowest BCUT2D eigenvalue weighted by Gasteiger charge is -2.39. The molecule has 2 fully saturated rings. The Morgan fingerprint density at radius 3 is 2.39 bits per heavy atom. The highest BCUT2D eigenvalue weighted by atomic mass is 35.5. The topological polar surface area (TPSA) is 62.3 Å². The van der Waals surface area contributed by atoms with Gasteiger partial charge in [0.25, 0.3) is 11.8 Å². The van der Waals surface area contributed by atoms with E-state index in [2.05, 4.69) is 4.90 Å². The van der Waals surface area contributed by atoms with Crippen LogP contribution in [0.15, 0.2) is 42.5 Å². The summed E-state index contributed by atoms with van der Waals surface area (Å²) in [5, 5.41) is 0.797. The van der Waals surface area contributed by atoms with E-state index in [0.29, 0.717) is 66.3 Å². The highest BCUT2D eigenvalue weighted by molar-refractivity contribution is 6.42. The second-order valence-electron chi connectivity index (χ2n) is 8.20. The molecule has 1 atom stereocenters. The lowest BCUT2D eigenvalue weighted by atomic mass is 10.1. The number of carbonyl (C=O) groups is 2. The van der Waals surface area contributed by atoms with Gasteiger partial charge in [0.2, 0.25) is 0 Å². The molecule has 2 heterocycles. The Morgan fingerprint density at radius 1 is 0.939 bits per heavy atom. The number of benzene rings is 2. The van der Waals surface area contributed by atoms with Gasteiger partial charge in [-0.15, -0.1) is 0 Å². The van der Waals surface area contributed by atoms with Crippen LogP contribution in [0.2, 0.25) is 10.0 Å². The van der Waals surface area contributed by atoms with Crippen molar-refractivity contribution in [2.45, 2.75) is 6.10 Å². The van der Waals surface area contributed by atoms with Crippen molar-refractivity contribution in [2.24, 2.45) is 0 Å². The molecule has 0 bridgehead atoms. The number of methoxy groups -OCH3 is 1. The molecule has 33 heavy (non-hydrogen) atoms. The SMILES string of the molecule is COc1cccc(C(=O)N2CCN(CC3CN(C(=O)c4ccc(Cl)c(Cl)c4)CCO3)CC2)c1. The van der Waals surface area contributed by atoms with E-state index in [1.807, 2.05) is 23.1 Å². The van der Waals surface area contributed by atoms with Crippen LogP contribution in [0.1, 0.15) is 20.7 Å². The van der Waals surface area contributed by atoms with Gasteiger partial charge in [-0.05, 0) is 36.4 Å². The van der Waals surface area contributed by atoms with Gasteiger partial charge in [-0.2, -0.15) is 0 Å². The number of hydrogen-bond donors (Lipinski definition) is 0. The maximum Gasteiger partial charge on any atom is 0.254 e. The first-order valence-corrected chi connectivity index (χ1v) is 11.7. The number of carbonyl (C=O) groups excluding carboxylic acids is 2. The Morgan fingerprint density at radius 2 is 1.67 bits per heavy atom. The average Bonchev–Trinajstić information content (AvgIpc) is 2.85. The minimum Gasteiger partial charge on any atom is -0.497 e.